The van der Waals surface area contributed by atoms with E-state index in [-0.39, 0.29) is 0 Å². The summed E-state index contributed by atoms with van der Waals surface area (Å²) in [5.74, 6) is 0. The fourth-order valence-electron chi connectivity index (χ4n) is 2.17. The maximum absolute atomic E-state index is 5.55. The largest absolute Gasteiger partial charge is 0.382 e. The van der Waals surface area contributed by atoms with Crippen LogP contribution in [0.4, 0.5) is 5.69 Å². The molecule has 0 atom stereocenters. The van der Waals surface area contributed by atoms with Gasteiger partial charge in [0.1, 0.15) is 0 Å². The highest BCUT2D eigenvalue weighted by Crippen LogP contribution is 2.27. The highest BCUT2D eigenvalue weighted by Gasteiger charge is 2.29. The second kappa shape index (κ2) is 5.35. The van der Waals surface area contributed by atoms with E-state index in [2.05, 4.69) is 43.4 Å². The summed E-state index contributed by atoms with van der Waals surface area (Å²) in [5.41, 5.74) is 2.64. The lowest BCUT2D eigenvalue weighted by atomic mass is 9.89. The summed E-state index contributed by atoms with van der Waals surface area (Å²) in [5, 5.41) is 3.56. The summed E-state index contributed by atoms with van der Waals surface area (Å²) in [6, 6.07) is 9.29. The first-order valence-corrected chi connectivity index (χ1v) is 6.29. The highest BCUT2D eigenvalue weighted by atomic mass is 16.5. The molecule has 2 heteroatoms. The third-order valence-electron chi connectivity index (χ3n) is 3.20. The molecule has 1 fully saturated rings. The molecule has 1 aromatic rings. The molecule has 0 spiro atoms. The van der Waals surface area contributed by atoms with Gasteiger partial charge in [0.15, 0.2) is 0 Å². The van der Waals surface area contributed by atoms with Crippen LogP contribution in [0.2, 0.25) is 0 Å². The van der Waals surface area contributed by atoms with E-state index >= 15 is 0 Å². The molecule has 0 amide bonds. The van der Waals surface area contributed by atoms with Crippen molar-refractivity contribution in [3.8, 4) is 0 Å². The van der Waals surface area contributed by atoms with Crippen molar-refractivity contribution in [2.75, 3.05) is 11.9 Å². The molecular weight excluding hydrogens is 198 g/mol. The first-order chi connectivity index (χ1) is 7.81. The van der Waals surface area contributed by atoms with E-state index in [0.717, 1.165) is 25.9 Å². The zero-order chi connectivity index (χ0) is 11.4. The van der Waals surface area contributed by atoms with Crippen molar-refractivity contribution >= 4 is 5.69 Å². The van der Waals surface area contributed by atoms with Gasteiger partial charge < -0.3 is 10.1 Å². The SMILES string of the molecule is CCOC1CC(Nc2cccc(CC)c2)C1. The molecule has 0 heterocycles. The van der Waals surface area contributed by atoms with Gasteiger partial charge in [0.25, 0.3) is 0 Å². The predicted molar refractivity (Wildman–Crippen MR) is 67.9 cm³/mol. The van der Waals surface area contributed by atoms with Crippen LogP contribution in [0.25, 0.3) is 0 Å². The normalized spacial score (nSPS) is 23.9. The van der Waals surface area contributed by atoms with Crippen LogP contribution < -0.4 is 5.32 Å². The minimum atomic E-state index is 0.483. The summed E-state index contributed by atoms with van der Waals surface area (Å²) in [6.45, 7) is 5.09. The molecule has 2 rings (SSSR count). The monoisotopic (exact) mass is 219 g/mol. The van der Waals surface area contributed by atoms with Gasteiger partial charge in [-0.15, -0.1) is 0 Å². The van der Waals surface area contributed by atoms with E-state index in [4.69, 9.17) is 4.74 Å². The van der Waals surface area contributed by atoms with Crippen molar-refractivity contribution in [3.63, 3.8) is 0 Å². The van der Waals surface area contributed by atoms with Crippen molar-refractivity contribution in [1.29, 1.82) is 0 Å². The summed E-state index contributed by atoms with van der Waals surface area (Å²) < 4.78 is 5.55. The van der Waals surface area contributed by atoms with E-state index in [1.165, 1.54) is 11.3 Å². The van der Waals surface area contributed by atoms with Gasteiger partial charge in [-0.05, 0) is 43.9 Å². The molecule has 1 aliphatic carbocycles. The summed E-state index contributed by atoms with van der Waals surface area (Å²) in [7, 11) is 0. The van der Waals surface area contributed by atoms with Crippen molar-refractivity contribution < 1.29 is 4.74 Å². The molecule has 0 bridgehead atoms. The average Bonchev–Trinajstić information content (AvgIpc) is 2.27. The van der Waals surface area contributed by atoms with Gasteiger partial charge in [-0.2, -0.15) is 0 Å². The Hall–Kier alpha value is -1.02. The summed E-state index contributed by atoms with van der Waals surface area (Å²) in [6.07, 6.45) is 3.87. The maximum Gasteiger partial charge on any atom is 0.0614 e. The Morgan fingerprint density at radius 1 is 1.31 bits per heavy atom. The Balaban J connectivity index is 1.82. The van der Waals surface area contributed by atoms with Gasteiger partial charge in [0.05, 0.1) is 6.10 Å². The number of nitrogens with one attached hydrogen (secondary N) is 1. The third kappa shape index (κ3) is 2.76. The lowest BCUT2D eigenvalue weighted by Crippen LogP contribution is -2.40. The van der Waals surface area contributed by atoms with Gasteiger partial charge in [0.2, 0.25) is 0 Å². The average molecular weight is 219 g/mol. The van der Waals surface area contributed by atoms with E-state index in [0.29, 0.717) is 12.1 Å². The lowest BCUT2D eigenvalue weighted by molar-refractivity contribution is 0.00299. The molecule has 1 saturated carbocycles. The Bertz CT molecular complexity index is 331. The van der Waals surface area contributed by atoms with Crippen LogP contribution in [0.3, 0.4) is 0 Å². The predicted octanol–water partition coefficient (Wildman–Crippen LogP) is 3.23. The number of hydrogen-bond donors (Lipinski definition) is 1. The minimum Gasteiger partial charge on any atom is -0.382 e. The van der Waals surface area contributed by atoms with Crippen LogP contribution in [-0.2, 0) is 11.2 Å². The zero-order valence-corrected chi connectivity index (χ0v) is 10.2. The third-order valence-corrected chi connectivity index (χ3v) is 3.20. The highest BCUT2D eigenvalue weighted by molar-refractivity contribution is 5.47. The van der Waals surface area contributed by atoms with E-state index < -0.39 is 0 Å². The second-order valence-corrected chi connectivity index (χ2v) is 4.44. The van der Waals surface area contributed by atoms with Crippen LogP contribution in [0.1, 0.15) is 32.3 Å². The molecule has 0 unspecified atom stereocenters. The topological polar surface area (TPSA) is 21.3 Å². The Kier molecular flexibility index (Phi) is 3.83. The van der Waals surface area contributed by atoms with Crippen molar-refractivity contribution in [2.24, 2.45) is 0 Å². The number of hydrogen-bond acceptors (Lipinski definition) is 2. The Labute approximate surface area is 98.0 Å². The number of benzene rings is 1. The van der Waals surface area contributed by atoms with Crippen molar-refractivity contribution in [2.45, 2.75) is 45.3 Å². The standard InChI is InChI=1S/C14H21NO/c1-3-11-6-5-7-12(8-11)15-13-9-14(10-13)16-4-2/h5-8,13-15H,3-4,9-10H2,1-2H3. The number of aryl methyl sites for hydroxylation is 1. The van der Waals surface area contributed by atoms with Gasteiger partial charge in [0, 0.05) is 18.3 Å². The fraction of sp³-hybridized carbons (Fsp3) is 0.571. The van der Waals surface area contributed by atoms with Gasteiger partial charge in [-0.25, -0.2) is 0 Å². The van der Waals surface area contributed by atoms with Crippen LogP contribution in [-0.4, -0.2) is 18.8 Å². The number of rotatable bonds is 5. The van der Waals surface area contributed by atoms with E-state index in [9.17, 15) is 0 Å². The van der Waals surface area contributed by atoms with E-state index in [1.807, 2.05) is 0 Å². The van der Waals surface area contributed by atoms with Gasteiger partial charge in [-0.1, -0.05) is 19.1 Å². The first-order valence-electron chi connectivity index (χ1n) is 6.29. The molecule has 0 aliphatic heterocycles. The summed E-state index contributed by atoms with van der Waals surface area (Å²) >= 11 is 0. The molecule has 0 aromatic heterocycles. The molecule has 0 radical (unpaired) electrons. The first kappa shape index (κ1) is 11.5. The molecule has 88 valence electrons. The van der Waals surface area contributed by atoms with Crippen molar-refractivity contribution in [3.05, 3.63) is 29.8 Å². The van der Waals surface area contributed by atoms with Crippen LogP contribution in [0, 0.1) is 0 Å². The minimum absolute atomic E-state index is 0.483. The molecule has 1 N–H and O–H groups in total. The van der Waals surface area contributed by atoms with Crippen LogP contribution in [0.15, 0.2) is 24.3 Å². The summed E-state index contributed by atoms with van der Waals surface area (Å²) in [4.78, 5) is 0. The molecule has 1 aliphatic rings. The molecule has 2 nitrogen and oxygen atoms in total. The Morgan fingerprint density at radius 3 is 2.81 bits per heavy atom. The number of anilines is 1. The molecule has 1 aromatic carbocycles. The maximum atomic E-state index is 5.55. The molecule has 0 saturated heterocycles. The van der Waals surface area contributed by atoms with Crippen LogP contribution in [0.5, 0.6) is 0 Å². The molecular formula is C14H21NO. The van der Waals surface area contributed by atoms with Crippen molar-refractivity contribution in [1.82, 2.24) is 0 Å². The van der Waals surface area contributed by atoms with Crippen LogP contribution >= 0.6 is 0 Å². The second-order valence-electron chi connectivity index (χ2n) is 4.44. The molecule has 16 heavy (non-hydrogen) atoms. The zero-order valence-electron chi connectivity index (χ0n) is 10.2. The number of ether oxygens (including phenoxy) is 1. The lowest BCUT2D eigenvalue weighted by Gasteiger charge is -2.36. The smallest absolute Gasteiger partial charge is 0.0614 e. The van der Waals surface area contributed by atoms with Gasteiger partial charge in [-0.3, -0.25) is 0 Å². The van der Waals surface area contributed by atoms with Gasteiger partial charge >= 0.3 is 0 Å². The Morgan fingerprint density at radius 2 is 2.12 bits per heavy atom. The quantitative estimate of drug-likeness (QED) is 0.821. The fourth-order valence-corrected chi connectivity index (χ4v) is 2.17. The van der Waals surface area contributed by atoms with E-state index in [1.54, 1.807) is 0 Å².